The molecule has 0 aliphatic carbocycles. The summed E-state index contributed by atoms with van der Waals surface area (Å²) in [5.41, 5.74) is 7.34. The molecule has 0 saturated carbocycles. The van der Waals surface area contributed by atoms with E-state index in [2.05, 4.69) is 4.98 Å². The van der Waals surface area contributed by atoms with E-state index in [-0.39, 0.29) is 5.78 Å². The first-order valence-electron chi connectivity index (χ1n) is 4.26. The maximum Gasteiger partial charge on any atom is 0.171 e. The van der Waals surface area contributed by atoms with Gasteiger partial charge in [-0.05, 0) is 19.1 Å². The maximum absolute atomic E-state index is 11.2. The Kier molecular flexibility index (Phi) is 2.00. The van der Waals surface area contributed by atoms with E-state index in [0.717, 1.165) is 15.9 Å². The van der Waals surface area contributed by atoms with Crippen molar-refractivity contribution in [1.29, 1.82) is 0 Å². The fourth-order valence-electron chi connectivity index (χ4n) is 1.35. The second-order valence-corrected chi connectivity index (χ2v) is 4.21. The standard InChI is InChI=1S/C10H10N2OS/c1-5-3-4-7-8(11)9(6(2)13)14-10(7)12-5/h3-4H,11H2,1-2H3. The van der Waals surface area contributed by atoms with Crippen LogP contribution < -0.4 is 5.73 Å². The SMILES string of the molecule is CC(=O)c1sc2nc(C)ccc2c1N. The number of aryl methyl sites for hydroxylation is 1. The smallest absolute Gasteiger partial charge is 0.171 e. The lowest BCUT2D eigenvalue weighted by atomic mass is 10.2. The zero-order valence-electron chi connectivity index (χ0n) is 8.00. The molecular weight excluding hydrogens is 196 g/mol. The topological polar surface area (TPSA) is 56.0 Å². The Bertz CT molecular complexity index is 516. The minimum Gasteiger partial charge on any atom is -0.397 e. The summed E-state index contributed by atoms with van der Waals surface area (Å²) in [5.74, 6) is 0.00292. The summed E-state index contributed by atoms with van der Waals surface area (Å²) in [6.45, 7) is 3.44. The van der Waals surface area contributed by atoms with Gasteiger partial charge in [0.25, 0.3) is 0 Å². The first kappa shape index (κ1) is 9.15. The van der Waals surface area contributed by atoms with Crippen molar-refractivity contribution in [2.75, 3.05) is 5.73 Å². The van der Waals surface area contributed by atoms with Gasteiger partial charge >= 0.3 is 0 Å². The molecule has 0 aliphatic heterocycles. The van der Waals surface area contributed by atoms with Crippen LogP contribution in [-0.4, -0.2) is 10.8 Å². The zero-order valence-corrected chi connectivity index (χ0v) is 8.81. The third-order valence-corrected chi connectivity index (χ3v) is 3.27. The van der Waals surface area contributed by atoms with E-state index in [1.54, 1.807) is 0 Å². The summed E-state index contributed by atoms with van der Waals surface area (Å²) in [5, 5.41) is 0.880. The molecule has 2 N–H and O–H groups in total. The average Bonchev–Trinajstić information content (AvgIpc) is 2.43. The Balaban J connectivity index is 2.79. The van der Waals surface area contributed by atoms with Gasteiger partial charge in [-0.1, -0.05) is 0 Å². The predicted molar refractivity (Wildman–Crippen MR) is 58.8 cm³/mol. The lowest BCUT2D eigenvalue weighted by Gasteiger charge is -1.93. The van der Waals surface area contributed by atoms with Crippen molar-refractivity contribution in [2.24, 2.45) is 0 Å². The fraction of sp³-hybridized carbons (Fsp3) is 0.200. The van der Waals surface area contributed by atoms with Crippen molar-refractivity contribution in [2.45, 2.75) is 13.8 Å². The third-order valence-electron chi connectivity index (χ3n) is 2.05. The summed E-state index contributed by atoms with van der Waals surface area (Å²) in [6, 6.07) is 3.81. The minimum atomic E-state index is 0.00292. The summed E-state index contributed by atoms with van der Waals surface area (Å²) < 4.78 is 0. The molecule has 0 radical (unpaired) electrons. The number of anilines is 1. The van der Waals surface area contributed by atoms with E-state index < -0.39 is 0 Å². The van der Waals surface area contributed by atoms with Crippen LogP contribution in [0.1, 0.15) is 22.3 Å². The highest BCUT2D eigenvalue weighted by Gasteiger charge is 2.13. The molecule has 0 saturated heterocycles. The quantitative estimate of drug-likeness (QED) is 0.729. The molecule has 0 aromatic carbocycles. The number of Topliss-reactive ketones (excluding diaryl/α,β-unsaturated/α-hetero) is 1. The number of nitrogens with two attached hydrogens (primary N) is 1. The molecule has 0 aliphatic rings. The number of carbonyl (C=O) groups excluding carboxylic acids is 1. The van der Waals surface area contributed by atoms with E-state index >= 15 is 0 Å². The zero-order chi connectivity index (χ0) is 10.3. The van der Waals surface area contributed by atoms with Crippen LogP contribution in [0.2, 0.25) is 0 Å². The number of aromatic nitrogens is 1. The molecule has 0 spiro atoms. The molecule has 2 aromatic heterocycles. The molecule has 0 unspecified atom stereocenters. The average molecular weight is 206 g/mol. The van der Waals surface area contributed by atoms with Crippen molar-refractivity contribution in [1.82, 2.24) is 4.98 Å². The van der Waals surface area contributed by atoms with E-state index in [1.807, 2.05) is 19.1 Å². The molecule has 2 heterocycles. The van der Waals surface area contributed by atoms with E-state index in [9.17, 15) is 4.79 Å². The number of pyridine rings is 1. The van der Waals surface area contributed by atoms with Gasteiger partial charge in [-0.25, -0.2) is 4.98 Å². The summed E-state index contributed by atoms with van der Waals surface area (Å²) >= 11 is 1.36. The van der Waals surface area contributed by atoms with Crippen LogP contribution in [0.15, 0.2) is 12.1 Å². The van der Waals surface area contributed by atoms with Gasteiger partial charge < -0.3 is 5.73 Å². The second kappa shape index (κ2) is 3.06. The molecule has 0 fully saturated rings. The second-order valence-electron chi connectivity index (χ2n) is 3.21. The predicted octanol–water partition coefficient (Wildman–Crippen LogP) is 2.39. The van der Waals surface area contributed by atoms with Gasteiger partial charge in [0.15, 0.2) is 5.78 Å². The minimum absolute atomic E-state index is 0.00292. The lowest BCUT2D eigenvalue weighted by molar-refractivity contribution is 0.102. The van der Waals surface area contributed by atoms with Crippen LogP contribution in [0.25, 0.3) is 10.2 Å². The van der Waals surface area contributed by atoms with Crippen molar-refractivity contribution in [3.05, 3.63) is 22.7 Å². The number of thiophene rings is 1. The van der Waals surface area contributed by atoms with Crippen molar-refractivity contribution >= 4 is 33.0 Å². The summed E-state index contributed by atoms with van der Waals surface area (Å²) in [4.78, 5) is 17.0. The maximum atomic E-state index is 11.2. The van der Waals surface area contributed by atoms with Gasteiger partial charge in [0.1, 0.15) is 4.83 Å². The number of rotatable bonds is 1. The third kappa shape index (κ3) is 1.28. The van der Waals surface area contributed by atoms with E-state index in [1.165, 1.54) is 18.3 Å². The van der Waals surface area contributed by atoms with Crippen molar-refractivity contribution < 1.29 is 4.79 Å². The molecule has 14 heavy (non-hydrogen) atoms. The van der Waals surface area contributed by atoms with Crippen molar-refractivity contribution in [3.63, 3.8) is 0 Å². The van der Waals surface area contributed by atoms with Crippen LogP contribution in [0, 0.1) is 6.92 Å². The number of nitrogens with zero attached hydrogens (tertiary/aromatic N) is 1. The number of hydrogen-bond donors (Lipinski definition) is 1. The number of ketones is 1. The summed E-state index contributed by atoms with van der Waals surface area (Å²) in [6.07, 6.45) is 0. The molecule has 4 heteroatoms. The van der Waals surface area contributed by atoms with Crippen LogP contribution in [0.5, 0.6) is 0 Å². The molecular formula is C10H10N2OS. The molecule has 2 aromatic rings. The summed E-state index contributed by atoms with van der Waals surface area (Å²) in [7, 11) is 0. The van der Waals surface area contributed by atoms with Crippen LogP contribution in [0.3, 0.4) is 0 Å². The van der Waals surface area contributed by atoms with E-state index in [4.69, 9.17) is 5.73 Å². The van der Waals surface area contributed by atoms with E-state index in [0.29, 0.717) is 10.6 Å². The molecule has 72 valence electrons. The molecule has 0 bridgehead atoms. The van der Waals surface area contributed by atoms with Gasteiger partial charge in [-0.2, -0.15) is 0 Å². The van der Waals surface area contributed by atoms with Crippen LogP contribution >= 0.6 is 11.3 Å². The Morgan fingerprint density at radius 3 is 2.86 bits per heavy atom. The number of nitrogen functional groups attached to an aromatic ring is 1. The monoisotopic (exact) mass is 206 g/mol. The van der Waals surface area contributed by atoms with Crippen LogP contribution in [-0.2, 0) is 0 Å². The fourth-order valence-corrected chi connectivity index (χ4v) is 2.39. The van der Waals surface area contributed by atoms with Crippen LogP contribution in [0.4, 0.5) is 5.69 Å². The first-order chi connectivity index (χ1) is 6.59. The molecule has 0 atom stereocenters. The van der Waals surface area contributed by atoms with Gasteiger partial charge in [0.05, 0.1) is 10.6 Å². The highest BCUT2D eigenvalue weighted by molar-refractivity contribution is 7.21. The Morgan fingerprint density at radius 1 is 1.50 bits per heavy atom. The normalized spacial score (nSPS) is 10.7. The lowest BCUT2D eigenvalue weighted by Crippen LogP contribution is -1.93. The number of hydrogen-bond acceptors (Lipinski definition) is 4. The molecule has 0 amide bonds. The molecule has 3 nitrogen and oxygen atoms in total. The van der Waals surface area contributed by atoms with Gasteiger partial charge in [0.2, 0.25) is 0 Å². The number of carbonyl (C=O) groups is 1. The number of fused-ring (bicyclic) bond motifs is 1. The first-order valence-corrected chi connectivity index (χ1v) is 5.08. The highest BCUT2D eigenvalue weighted by Crippen LogP contribution is 2.32. The van der Waals surface area contributed by atoms with Gasteiger partial charge in [0, 0.05) is 18.0 Å². The van der Waals surface area contributed by atoms with Gasteiger partial charge in [-0.3, -0.25) is 4.79 Å². The van der Waals surface area contributed by atoms with Gasteiger partial charge in [-0.15, -0.1) is 11.3 Å². The Morgan fingerprint density at radius 2 is 2.21 bits per heavy atom. The largest absolute Gasteiger partial charge is 0.397 e. The highest BCUT2D eigenvalue weighted by atomic mass is 32.1. The molecule has 2 rings (SSSR count). The Hall–Kier alpha value is -1.42. The van der Waals surface area contributed by atoms with Crippen molar-refractivity contribution in [3.8, 4) is 0 Å². The Labute approximate surface area is 85.6 Å².